The summed E-state index contributed by atoms with van der Waals surface area (Å²) in [4.78, 5) is 21.7. The van der Waals surface area contributed by atoms with Gasteiger partial charge in [0.05, 0.1) is 19.8 Å². The van der Waals surface area contributed by atoms with E-state index in [0.29, 0.717) is 0 Å². The molecule has 0 aliphatic heterocycles. The summed E-state index contributed by atoms with van der Waals surface area (Å²) in [5.74, 6) is 0. The van der Waals surface area contributed by atoms with Gasteiger partial charge in [-0.25, -0.2) is 0 Å². The molecular weight excluding hydrogens is 752 g/mol. The quantitative estimate of drug-likeness (QED) is 0.106. The monoisotopic (exact) mass is 808 g/mol. The molecule has 0 unspecified atom stereocenters. The summed E-state index contributed by atoms with van der Waals surface area (Å²) in [5, 5.41) is 4.08. The Morgan fingerprint density at radius 3 is 0.836 bits per heavy atom. The molecule has 6 rings (SSSR count). The highest BCUT2D eigenvalue weighted by Crippen LogP contribution is 2.15. The third-order valence-corrected chi connectivity index (χ3v) is 12.9. The van der Waals surface area contributed by atoms with Crippen LogP contribution in [-0.2, 0) is 33.1 Å². The van der Waals surface area contributed by atoms with Crippen molar-refractivity contribution < 1.29 is 28.0 Å². The molecule has 0 radical (unpaired) electrons. The van der Waals surface area contributed by atoms with Crippen LogP contribution in [0.5, 0.6) is 0 Å². The fraction of sp³-hybridized carbons (Fsp3) is 0.200. The first-order chi connectivity index (χ1) is 26.5. The van der Waals surface area contributed by atoms with Crippen LogP contribution in [0.25, 0.3) is 0 Å². The van der Waals surface area contributed by atoms with Crippen LogP contribution in [0.3, 0.4) is 0 Å². The van der Waals surface area contributed by atoms with E-state index in [1.807, 2.05) is 18.2 Å². The largest absolute Gasteiger partial charge is 0.414 e. The van der Waals surface area contributed by atoms with Crippen LogP contribution >= 0.6 is 8.60 Å². The minimum absolute atomic E-state index is 0.584. The Hall–Kier alpha value is -3.84. The van der Waals surface area contributed by atoms with Gasteiger partial charge in [0.1, 0.15) is 0 Å². The van der Waals surface area contributed by atoms with Gasteiger partial charge < -0.3 is 28.0 Å². The van der Waals surface area contributed by atoms with Gasteiger partial charge in [-0.15, -0.1) is 0 Å². The molecule has 0 amide bonds. The Balaban J connectivity index is 0.000000211. The molecule has 55 heavy (non-hydrogen) atoms. The zero-order valence-corrected chi connectivity index (χ0v) is 38.2. The van der Waals surface area contributed by atoms with Crippen LogP contribution in [0, 0.1) is 41.5 Å². The molecule has 0 atom stereocenters. The van der Waals surface area contributed by atoms with Crippen molar-refractivity contribution in [2.24, 2.45) is 0 Å². The lowest BCUT2D eigenvalue weighted by molar-refractivity contribution is 0.329. The van der Waals surface area contributed by atoms with Gasteiger partial charge in [-0.1, -0.05) is 146 Å². The molecule has 6 aromatic rings. The van der Waals surface area contributed by atoms with Crippen molar-refractivity contribution in [1.29, 1.82) is 0 Å². The fourth-order valence-corrected chi connectivity index (χ4v) is 8.53. The van der Waals surface area contributed by atoms with E-state index in [9.17, 15) is 0 Å². The molecule has 0 spiro atoms. The van der Waals surface area contributed by atoms with Crippen LogP contribution in [-0.4, -0.2) is 44.0 Å². The van der Waals surface area contributed by atoms with Crippen LogP contribution in [0.1, 0.15) is 50.1 Å². The van der Waals surface area contributed by atoms with E-state index in [4.69, 9.17) is 28.0 Å². The van der Waals surface area contributed by atoms with E-state index in [0.717, 1.165) is 19.8 Å². The van der Waals surface area contributed by atoms with Gasteiger partial charge in [0.25, 0.3) is 0 Å². The number of hydrogen-bond acceptors (Lipinski definition) is 6. The SMILES string of the molecule is Cc1cccc(CO[SiH2]c2ccccc2)c1C.Cc1cccc(CO[SiH2]c2ccccc2)c1C.Cc1cccc(CO[SiH2]c2ccccc2)c1C.OP(O)O. The molecule has 6 nitrogen and oxygen atoms in total. The highest BCUT2D eigenvalue weighted by Gasteiger charge is 2.03. The molecule has 6 aromatic carbocycles. The normalized spacial score (nSPS) is 11.0. The van der Waals surface area contributed by atoms with Gasteiger partial charge in [0.15, 0.2) is 29.3 Å². The first-order valence-electron chi connectivity index (χ1n) is 18.4. The van der Waals surface area contributed by atoms with Crippen molar-refractivity contribution in [3.05, 3.63) is 196 Å². The third kappa shape index (κ3) is 18.1. The predicted octanol–water partition coefficient (Wildman–Crippen LogP) is 5.88. The predicted molar refractivity (Wildman–Crippen MR) is 240 cm³/mol. The molecule has 0 saturated heterocycles. The second-order valence-corrected chi connectivity index (χ2v) is 18.4. The van der Waals surface area contributed by atoms with Crippen molar-refractivity contribution >= 4 is 53.5 Å². The van der Waals surface area contributed by atoms with Crippen molar-refractivity contribution in [2.75, 3.05) is 0 Å². The lowest BCUT2D eigenvalue weighted by atomic mass is 10.0. The molecule has 290 valence electrons. The topological polar surface area (TPSA) is 88.4 Å². The van der Waals surface area contributed by atoms with E-state index in [1.54, 1.807) is 0 Å². The fourth-order valence-electron chi connectivity index (χ4n) is 5.46. The summed E-state index contributed by atoms with van der Waals surface area (Å²) in [6.45, 7) is 15.2. The average molecular weight is 809 g/mol. The highest BCUT2D eigenvalue weighted by molar-refractivity contribution is 7.38. The zero-order valence-electron chi connectivity index (χ0n) is 33.1. The molecule has 0 aliphatic carbocycles. The second kappa shape index (κ2) is 26.1. The van der Waals surface area contributed by atoms with Gasteiger partial charge in [0, 0.05) is 0 Å². The molecule has 0 heterocycles. The van der Waals surface area contributed by atoms with Gasteiger partial charge in [0.2, 0.25) is 0 Å². The van der Waals surface area contributed by atoms with E-state index >= 15 is 0 Å². The van der Waals surface area contributed by atoms with Crippen LogP contribution in [0.4, 0.5) is 0 Å². The number of hydrogen-bond donors (Lipinski definition) is 3. The summed E-state index contributed by atoms with van der Waals surface area (Å²) in [6.07, 6.45) is 0. The third-order valence-electron chi connectivity index (χ3n) is 9.26. The maximum Gasteiger partial charge on any atom is 0.324 e. The standard InChI is InChI=1S/3C15H18OSi.H3O3P/c3*1-12-7-6-8-14(13(12)2)11-16-17-15-9-4-3-5-10-15;1-4(2)3/h3*3-10H,11,17H2,1-2H3;1-3H. The molecule has 0 bridgehead atoms. The molecule has 0 fully saturated rings. The Bertz CT molecular complexity index is 1720. The first kappa shape index (κ1) is 45.5. The molecule has 0 aromatic heterocycles. The summed E-state index contributed by atoms with van der Waals surface area (Å²) in [6, 6.07) is 50.7. The summed E-state index contributed by atoms with van der Waals surface area (Å²) < 4.78 is 17.6. The number of benzene rings is 6. The van der Waals surface area contributed by atoms with Crippen LogP contribution < -0.4 is 15.6 Å². The van der Waals surface area contributed by atoms with Crippen molar-refractivity contribution in [3.63, 3.8) is 0 Å². The summed E-state index contributed by atoms with van der Waals surface area (Å²) in [5.41, 5.74) is 12.0. The zero-order chi connectivity index (χ0) is 39.8. The van der Waals surface area contributed by atoms with Crippen molar-refractivity contribution in [3.8, 4) is 0 Å². The van der Waals surface area contributed by atoms with E-state index < -0.39 is 37.9 Å². The smallest absolute Gasteiger partial charge is 0.324 e. The molecule has 0 aliphatic rings. The Labute approximate surface area is 337 Å². The molecule has 3 N–H and O–H groups in total. The lowest BCUT2D eigenvalue weighted by Crippen LogP contribution is -2.16. The highest BCUT2D eigenvalue weighted by atomic mass is 31.2. The van der Waals surface area contributed by atoms with E-state index in [2.05, 4.69) is 169 Å². The first-order valence-corrected chi connectivity index (χ1v) is 23.5. The molecule has 10 heteroatoms. The lowest BCUT2D eigenvalue weighted by Gasteiger charge is -2.09. The minimum Gasteiger partial charge on any atom is -0.414 e. The minimum atomic E-state index is -2.62. The van der Waals surface area contributed by atoms with E-state index in [1.165, 1.54) is 65.6 Å². The maximum atomic E-state index is 7.23. The van der Waals surface area contributed by atoms with Gasteiger partial charge in [-0.2, -0.15) is 0 Å². The van der Waals surface area contributed by atoms with E-state index in [-0.39, 0.29) is 0 Å². The van der Waals surface area contributed by atoms with Crippen molar-refractivity contribution in [2.45, 2.75) is 61.4 Å². The number of rotatable bonds is 12. The van der Waals surface area contributed by atoms with Crippen LogP contribution in [0.15, 0.2) is 146 Å². The second-order valence-electron chi connectivity index (χ2n) is 13.3. The Kier molecular flexibility index (Phi) is 21.6. The Morgan fingerprint density at radius 2 is 0.600 bits per heavy atom. The summed E-state index contributed by atoms with van der Waals surface area (Å²) >= 11 is 0. The molecular formula is C45H57O6PSi3. The maximum absolute atomic E-state index is 7.23. The average Bonchev–Trinajstić information content (AvgIpc) is 3.18. The van der Waals surface area contributed by atoms with Gasteiger partial charge >= 0.3 is 8.60 Å². The molecule has 0 saturated carbocycles. The van der Waals surface area contributed by atoms with Crippen molar-refractivity contribution in [1.82, 2.24) is 0 Å². The van der Waals surface area contributed by atoms with Crippen LogP contribution in [0.2, 0.25) is 0 Å². The summed E-state index contributed by atoms with van der Waals surface area (Å²) in [7, 11) is -4.37. The van der Waals surface area contributed by atoms with Gasteiger partial charge in [-0.05, 0) is 107 Å². The van der Waals surface area contributed by atoms with Gasteiger partial charge in [-0.3, -0.25) is 0 Å². The number of aryl methyl sites for hydroxylation is 3. The Morgan fingerprint density at radius 1 is 0.364 bits per heavy atom.